The van der Waals surface area contributed by atoms with Crippen LogP contribution in [0.2, 0.25) is 0 Å². The molecule has 1 aromatic carbocycles. The van der Waals surface area contributed by atoms with Crippen LogP contribution in [0.3, 0.4) is 0 Å². The molecule has 0 radical (unpaired) electrons. The second-order valence-electron chi connectivity index (χ2n) is 4.07. The van der Waals surface area contributed by atoms with Crippen molar-refractivity contribution in [2.45, 2.75) is 38.6 Å². The van der Waals surface area contributed by atoms with Gasteiger partial charge in [-0.3, -0.25) is 11.3 Å². The van der Waals surface area contributed by atoms with Gasteiger partial charge in [0, 0.05) is 12.5 Å². The molecule has 1 rings (SSSR count). The fourth-order valence-corrected chi connectivity index (χ4v) is 1.79. The molecule has 0 aliphatic heterocycles. The lowest BCUT2D eigenvalue weighted by Gasteiger charge is -2.15. The fourth-order valence-electron chi connectivity index (χ4n) is 1.79. The van der Waals surface area contributed by atoms with E-state index >= 15 is 0 Å². The molecule has 1 aromatic rings. The van der Waals surface area contributed by atoms with Gasteiger partial charge in [0.05, 0.1) is 0 Å². The van der Waals surface area contributed by atoms with Gasteiger partial charge in [0.25, 0.3) is 0 Å². The largest absolute Gasteiger partial charge is 0.271 e. The van der Waals surface area contributed by atoms with Crippen molar-refractivity contribution in [2.24, 2.45) is 5.84 Å². The number of aryl methyl sites for hydroxylation is 2. The molecule has 86 valence electrons. The highest BCUT2D eigenvalue weighted by molar-refractivity contribution is 5.25. The minimum Gasteiger partial charge on any atom is -0.271 e. The van der Waals surface area contributed by atoms with Crippen LogP contribution in [0.4, 0.5) is 0 Å². The average molecular weight is 216 g/mol. The maximum absolute atomic E-state index is 5.50. The SMILES string of the molecule is C#CCCC(CCc1ccccc1C)NN. The van der Waals surface area contributed by atoms with Crippen molar-refractivity contribution >= 4 is 0 Å². The van der Waals surface area contributed by atoms with Crippen LogP contribution >= 0.6 is 0 Å². The summed E-state index contributed by atoms with van der Waals surface area (Å²) < 4.78 is 0. The Hall–Kier alpha value is -1.30. The Balaban J connectivity index is 2.44. The summed E-state index contributed by atoms with van der Waals surface area (Å²) in [5.74, 6) is 8.14. The van der Waals surface area contributed by atoms with Crippen molar-refractivity contribution < 1.29 is 0 Å². The molecule has 0 saturated heterocycles. The second-order valence-corrected chi connectivity index (χ2v) is 4.07. The zero-order valence-electron chi connectivity index (χ0n) is 9.87. The van der Waals surface area contributed by atoms with Crippen molar-refractivity contribution in [3.05, 3.63) is 35.4 Å². The summed E-state index contributed by atoms with van der Waals surface area (Å²) in [6, 6.07) is 8.77. The Morgan fingerprint density at radius 3 is 2.75 bits per heavy atom. The highest BCUT2D eigenvalue weighted by Gasteiger charge is 2.06. The Labute approximate surface area is 98.2 Å². The number of benzene rings is 1. The van der Waals surface area contributed by atoms with E-state index in [1.165, 1.54) is 11.1 Å². The Bertz CT molecular complexity index is 352. The topological polar surface area (TPSA) is 38.0 Å². The standard InChI is InChI=1S/C14H20N2/c1-3-4-9-14(16-15)11-10-13-8-6-5-7-12(13)2/h1,5-8,14,16H,4,9-11,15H2,2H3. The number of terminal acetylenes is 1. The highest BCUT2D eigenvalue weighted by atomic mass is 15.2. The predicted octanol–water partition coefficient (Wildman–Crippen LogP) is 2.17. The van der Waals surface area contributed by atoms with Crippen LogP contribution in [0.15, 0.2) is 24.3 Å². The molecule has 0 fully saturated rings. The summed E-state index contributed by atoms with van der Waals surface area (Å²) in [6.07, 6.45) is 9.05. The van der Waals surface area contributed by atoms with Crippen molar-refractivity contribution in [1.29, 1.82) is 0 Å². The van der Waals surface area contributed by atoms with Gasteiger partial charge in [0.1, 0.15) is 0 Å². The van der Waals surface area contributed by atoms with Crippen LogP contribution < -0.4 is 11.3 Å². The first-order valence-electron chi connectivity index (χ1n) is 5.72. The number of hydrogen-bond donors (Lipinski definition) is 2. The van der Waals surface area contributed by atoms with Gasteiger partial charge in [0.2, 0.25) is 0 Å². The molecule has 2 nitrogen and oxygen atoms in total. The van der Waals surface area contributed by atoms with Crippen LogP contribution in [-0.2, 0) is 6.42 Å². The zero-order valence-corrected chi connectivity index (χ0v) is 9.87. The van der Waals surface area contributed by atoms with Gasteiger partial charge < -0.3 is 0 Å². The van der Waals surface area contributed by atoms with E-state index in [1.807, 2.05) is 0 Å². The third-order valence-electron chi connectivity index (χ3n) is 2.90. The van der Waals surface area contributed by atoms with E-state index in [9.17, 15) is 0 Å². The second kappa shape index (κ2) is 7.05. The maximum Gasteiger partial charge on any atom is 0.0222 e. The first kappa shape index (κ1) is 12.8. The Morgan fingerprint density at radius 2 is 2.12 bits per heavy atom. The summed E-state index contributed by atoms with van der Waals surface area (Å²) in [5, 5.41) is 0. The molecule has 1 atom stereocenters. The van der Waals surface area contributed by atoms with Crippen LogP contribution in [0, 0.1) is 19.3 Å². The first-order chi connectivity index (χ1) is 7.77. The first-order valence-corrected chi connectivity index (χ1v) is 5.72. The summed E-state index contributed by atoms with van der Waals surface area (Å²) in [5.41, 5.74) is 5.57. The van der Waals surface area contributed by atoms with E-state index in [1.54, 1.807) is 0 Å². The van der Waals surface area contributed by atoms with Crippen molar-refractivity contribution in [3.8, 4) is 12.3 Å². The molecule has 2 heteroatoms. The maximum atomic E-state index is 5.50. The molecule has 0 amide bonds. The molecule has 0 aliphatic rings. The van der Waals surface area contributed by atoms with E-state index in [0.717, 1.165) is 25.7 Å². The van der Waals surface area contributed by atoms with E-state index in [4.69, 9.17) is 12.3 Å². The molecule has 0 heterocycles. The Kier molecular flexibility index (Phi) is 5.63. The molecule has 16 heavy (non-hydrogen) atoms. The molecule has 0 saturated carbocycles. The molecule has 0 aliphatic carbocycles. The fraction of sp³-hybridized carbons (Fsp3) is 0.429. The zero-order chi connectivity index (χ0) is 11.8. The monoisotopic (exact) mass is 216 g/mol. The number of nitrogens with one attached hydrogen (secondary N) is 1. The van der Waals surface area contributed by atoms with Gasteiger partial charge in [-0.2, -0.15) is 0 Å². The van der Waals surface area contributed by atoms with Crippen LogP contribution in [0.25, 0.3) is 0 Å². The lowest BCUT2D eigenvalue weighted by molar-refractivity contribution is 0.469. The molecular weight excluding hydrogens is 196 g/mol. The summed E-state index contributed by atoms with van der Waals surface area (Å²) >= 11 is 0. The van der Waals surface area contributed by atoms with Gasteiger partial charge in [0.15, 0.2) is 0 Å². The molecule has 1 unspecified atom stereocenters. The van der Waals surface area contributed by atoms with Gasteiger partial charge in [-0.05, 0) is 37.3 Å². The minimum absolute atomic E-state index is 0.315. The van der Waals surface area contributed by atoms with Crippen molar-refractivity contribution in [1.82, 2.24) is 5.43 Å². The number of rotatable bonds is 6. The lowest BCUT2D eigenvalue weighted by atomic mass is 9.99. The molecule has 0 aromatic heterocycles. The quantitative estimate of drug-likeness (QED) is 0.434. The van der Waals surface area contributed by atoms with Gasteiger partial charge in [-0.15, -0.1) is 12.3 Å². The molecule has 0 bridgehead atoms. The summed E-state index contributed by atoms with van der Waals surface area (Å²) in [6.45, 7) is 2.14. The minimum atomic E-state index is 0.315. The summed E-state index contributed by atoms with van der Waals surface area (Å²) in [4.78, 5) is 0. The van der Waals surface area contributed by atoms with Crippen molar-refractivity contribution in [2.75, 3.05) is 0 Å². The smallest absolute Gasteiger partial charge is 0.0222 e. The Morgan fingerprint density at radius 1 is 1.38 bits per heavy atom. The van der Waals surface area contributed by atoms with Crippen LogP contribution in [0.1, 0.15) is 30.4 Å². The number of hydrazine groups is 1. The number of nitrogens with two attached hydrogens (primary N) is 1. The van der Waals surface area contributed by atoms with Gasteiger partial charge in [-0.25, -0.2) is 0 Å². The average Bonchev–Trinajstić information content (AvgIpc) is 2.31. The van der Waals surface area contributed by atoms with E-state index < -0.39 is 0 Å². The van der Waals surface area contributed by atoms with E-state index in [-0.39, 0.29) is 0 Å². The third kappa shape index (κ3) is 4.06. The molecule has 0 spiro atoms. The molecule has 3 N–H and O–H groups in total. The summed E-state index contributed by atoms with van der Waals surface area (Å²) in [7, 11) is 0. The van der Waals surface area contributed by atoms with E-state index in [2.05, 4.69) is 42.5 Å². The van der Waals surface area contributed by atoms with Gasteiger partial charge in [-0.1, -0.05) is 24.3 Å². The third-order valence-corrected chi connectivity index (χ3v) is 2.90. The lowest BCUT2D eigenvalue weighted by Crippen LogP contribution is -2.35. The highest BCUT2D eigenvalue weighted by Crippen LogP contribution is 2.12. The number of hydrogen-bond acceptors (Lipinski definition) is 2. The van der Waals surface area contributed by atoms with E-state index in [0.29, 0.717) is 6.04 Å². The van der Waals surface area contributed by atoms with Crippen LogP contribution in [0.5, 0.6) is 0 Å². The normalized spacial score (nSPS) is 12.1. The molecular formula is C14H20N2. The van der Waals surface area contributed by atoms with Gasteiger partial charge >= 0.3 is 0 Å². The van der Waals surface area contributed by atoms with Crippen LogP contribution in [-0.4, -0.2) is 6.04 Å². The predicted molar refractivity (Wildman–Crippen MR) is 68.7 cm³/mol. The van der Waals surface area contributed by atoms with Crippen molar-refractivity contribution in [3.63, 3.8) is 0 Å².